The van der Waals surface area contributed by atoms with Crippen molar-refractivity contribution in [1.29, 1.82) is 0 Å². The number of nitrogens with zero attached hydrogens (tertiary/aromatic N) is 2. The van der Waals surface area contributed by atoms with Gasteiger partial charge in [-0.3, -0.25) is 9.59 Å². The van der Waals surface area contributed by atoms with Crippen LogP contribution in [0.1, 0.15) is 117 Å². The van der Waals surface area contributed by atoms with Crippen molar-refractivity contribution in [1.82, 2.24) is 9.88 Å². The van der Waals surface area contributed by atoms with Crippen molar-refractivity contribution in [2.45, 2.75) is 117 Å². The molecule has 2 rings (SSSR count). The minimum Gasteiger partial charge on any atom is -0.464 e. The van der Waals surface area contributed by atoms with E-state index < -0.39 is 0 Å². The highest BCUT2D eigenvalue weighted by molar-refractivity contribution is 6.31. The fourth-order valence-corrected chi connectivity index (χ4v) is 5.64. The number of pyridine rings is 1. The molecule has 2 aromatic rings. The molecule has 0 radical (unpaired) electrons. The number of likely N-dealkylation sites (N-methyl/N-ethyl adjacent to an activating group) is 1. The number of nitrogens with one attached hydrogen (secondary N) is 1. The molecule has 0 saturated carbocycles. The van der Waals surface area contributed by atoms with E-state index in [0.717, 1.165) is 68.5 Å². The second-order valence-corrected chi connectivity index (χ2v) is 12.3. The summed E-state index contributed by atoms with van der Waals surface area (Å²) in [7, 11) is 2.02. The molecule has 0 bridgehead atoms. The van der Waals surface area contributed by atoms with Crippen molar-refractivity contribution in [3.63, 3.8) is 0 Å². The Labute approximate surface area is 266 Å². The summed E-state index contributed by atoms with van der Waals surface area (Å²) in [5, 5.41) is 1.60. The van der Waals surface area contributed by atoms with Crippen LogP contribution in [0.15, 0.2) is 41.2 Å². The maximum absolute atomic E-state index is 12.2. The number of hydrogen-bond acceptors (Lipinski definition) is 5. The second-order valence-electron chi connectivity index (χ2n) is 11.8. The molecule has 0 aliphatic carbocycles. The fourth-order valence-electron chi connectivity index (χ4n) is 5.46. The van der Waals surface area contributed by atoms with Crippen molar-refractivity contribution in [2.75, 3.05) is 44.7 Å². The zero-order valence-corrected chi connectivity index (χ0v) is 28.1. The summed E-state index contributed by atoms with van der Waals surface area (Å²) in [5.74, 6) is -0.0679. The number of anilines is 1. The van der Waals surface area contributed by atoms with Gasteiger partial charge in [0.1, 0.15) is 6.61 Å². The zero-order chi connectivity index (χ0) is 31.1. The molecule has 0 amide bonds. The topological polar surface area (TPSA) is 65.6 Å². The quantitative estimate of drug-likeness (QED) is 0.0685. The number of aromatic amines is 1. The van der Waals surface area contributed by atoms with Crippen LogP contribution < -0.4 is 10.5 Å². The molecule has 0 aliphatic heterocycles. The number of carbonyl (C=O) groups is 1. The Morgan fingerprint density at radius 1 is 0.837 bits per heavy atom. The predicted octanol–water partition coefficient (Wildman–Crippen LogP) is 9.30. The van der Waals surface area contributed by atoms with Gasteiger partial charge in [0.05, 0.1) is 11.2 Å². The fraction of sp³-hybridized carbons (Fsp3) is 0.667. The van der Waals surface area contributed by atoms with Crippen LogP contribution in [0, 0.1) is 0 Å². The number of aromatic nitrogens is 1. The van der Waals surface area contributed by atoms with Gasteiger partial charge < -0.3 is 19.5 Å². The predicted molar refractivity (Wildman–Crippen MR) is 185 cm³/mol. The van der Waals surface area contributed by atoms with Crippen LogP contribution in [0.25, 0.3) is 10.9 Å². The molecule has 0 unspecified atom stereocenters. The van der Waals surface area contributed by atoms with Crippen LogP contribution in [0.2, 0.25) is 5.02 Å². The molecule has 6 nitrogen and oxygen atoms in total. The second kappa shape index (κ2) is 23.1. The van der Waals surface area contributed by atoms with Gasteiger partial charge in [0, 0.05) is 43.0 Å². The lowest BCUT2D eigenvalue weighted by Crippen LogP contribution is -2.30. The van der Waals surface area contributed by atoms with Gasteiger partial charge in [0.25, 0.3) is 0 Å². The molecule has 1 aromatic heterocycles. The highest BCUT2D eigenvalue weighted by Gasteiger charge is 2.10. The third-order valence-electron chi connectivity index (χ3n) is 8.17. The Kier molecular flexibility index (Phi) is 19.8. The van der Waals surface area contributed by atoms with Gasteiger partial charge in [0.2, 0.25) is 5.56 Å². The van der Waals surface area contributed by atoms with E-state index >= 15 is 0 Å². The molecule has 1 heterocycles. The first-order valence-corrected chi connectivity index (χ1v) is 17.4. The number of ether oxygens (including phenoxy) is 1. The number of unbranched alkanes of at least 4 members (excludes halogenated alkanes) is 12. The van der Waals surface area contributed by atoms with Crippen molar-refractivity contribution in [3.8, 4) is 0 Å². The van der Waals surface area contributed by atoms with E-state index in [-0.39, 0.29) is 11.5 Å². The van der Waals surface area contributed by atoms with Crippen LogP contribution in [-0.2, 0) is 9.53 Å². The SMILES string of the molecule is CCCCCCCC/C=C/CCCCCCCC(=O)OCCN(CC)CCCCN(C)c1cc(=O)[nH]c2cc(Cl)ccc12. The number of fused-ring (bicyclic) bond motifs is 1. The van der Waals surface area contributed by atoms with Crippen LogP contribution in [0.5, 0.6) is 0 Å². The molecule has 242 valence electrons. The molecular weight excluding hydrogens is 558 g/mol. The van der Waals surface area contributed by atoms with E-state index in [0.29, 0.717) is 18.1 Å². The minimum absolute atomic E-state index is 0.0679. The summed E-state index contributed by atoms with van der Waals surface area (Å²) in [5.41, 5.74) is 1.55. The van der Waals surface area contributed by atoms with Gasteiger partial charge in [-0.05, 0) is 76.2 Å². The first kappa shape index (κ1) is 36.9. The Morgan fingerprint density at radius 2 is 1.49 bits per heavy atom. The Morgan fingerprint density at radius 3 is 2.19 bits per heavy atom. The number of benzene rings is 1. The summed E-state index contributed by atoms with van der Waals surface area (Å²) in [4.78, 5) is 31.6. The van der Waals surface area contributed by atoms with Gasteiger partial charge in [0.15, 0.2) is 0 Å². The lowest BCUT2D eigenvalue weighted by Gasteiger charge is -2.23. The number of rotatable bonds is 25. The number of halogens is 1. The summed E-state index contributed by atoms with van der Waals surface area (Å²) in [6, 6.07) is 7.25. The Bertz CT molecular complexity index is 1120. The van der Waals surface area contributed by atoms with Gasteiger partial charge in [-0.1, -0.05) is 89.0 Å². The van der Waals surface area contributed by atoms with Crippen LogP contribution in [-0.4, -0.2) is 55.7 Å². The van der Waals surface area contributed by atoms with Crippen molar-refractivity contribution in [2.24, 2.45) is 0 Å². The third-order valence-corrected chi connectivity index (χ3v) is 8.41. The summed E-state index contributed by atoms with van der Waals surface area (Å²) in [6.07, 6.45) is 23.6. The number of hydrogen-bond donors (Lipinski definition) is 1. The molecule has 0 atom stereocenters. The highest BCUT2D eigenvalue weighted by atomic mass is 35.5. The van der Waals surface area contributed by atoms with E-state index in [1.165, 1.54) is 70.6 Å². The molecule has 1 N–H and O–H groups in total. The van der Waals surface area contributed by atoms with E-state index in [9.17, 15) is 9.59 Å². The maximum Gasteiger partial charge on any atom is 0.305 e. The smallest absolute Gasteiger partial charge is 0.305 e. The monoisotopic (exact) mass is 615 g/mol. The Balaban J connectivity index is 1.48. The van der Waals surface area contributed by atoms with Gasteiger partial charge >= 0.3 is 5.97 Å². The highest BCUT2D eigenvalue weighted by Crippen LogP contribution is 2.25. The third kappa shape index (κ3) is 16.4. The van der Waals surface area contributed by atoms with E-state index in [2.05, 4.69) is 40.8 Å². The van der Waals surface area contributed by atoms with E-state index in [1.807, 2.05) is 19.2 Å². The summed E-state index contributed by atoms with van der Waals surface area (Å²) < 4.78 is 5.52. The van der Waals surface area contributed by atoms with E-state index in [1.54, 1.807) is 12.1 Å². The molecule has 43 heavy (non-hydrogen) atoms. The molecule has 0 aliphatic rings. The van der Waals surface area contributed by atoms with Crippen LogP contribution >= 0.6 is 11.6 Å². The number of H-pyrrole nitrogens is 1. The van der Waals surface area contributed by atoms with Crippen molar-refractivity contribution < 1.29 is 9.53 Å². The Hall–Kier alpha value is -2.31. The van der Waals surface area contributed by atoms with Gasteiger partial charge in [-0.25, -0.2) is 0 Å². The minimum atomic E-state index is -0.124. The van der Waals surface area contributed by atoms with Crippen molar-refractivity contribution in [3.05, 3.63) is 51.8 Å². The summed E-state index contributed by atoms with van der Waals surface area (Å²) in [6.45, 7) is 8.38. The first-order valence-electron chi connectivity index (χ1n) is 17.0. The average Bonchev–Trinajstić information content (AvgIpc) is 2.99. The van der Waals surface area contributed by atoms with Crippen molar-refractivity contribution >= 4 is 34.2 Å². The molecule has 0 fully saturated rings. The molecule has 0 saturated heterocycles. The lowest BCUT2D eigenvalue weighted by molar-refractivity contribution is -0.144. The summed E-state index contributed by atoms with van der Waals surface area (Å²) >= 11 is 6.11. The average molecular weight is 616 g/mol. The largest absolute Gasteiger partial charge is 0.464 e. The van der Waals surface area contributed by atoms with Gasteiger partial charge in [-0.15, -0.1) is 0 Å². The zero-order valence-electron chi connectivity index (χ0n) is 27.3. The molecular formula is C36H58ClN3O3. The standard InChI is InChI=1S/C36H58ClN3O3/c1-4-6-7-8-9-10-11-12-13-14-15-16-17-18-19-22-36(42)43-28-27-40(5-2)26-21-20-25-39(3)34-30-35(41)38-33-29-31(37)23-24-32(33)34/h12-13,23-24,29-30H,4-11,14-22,25-28H2,1-3H3,(H,38,41)/b13-12+. The van der Waals surface area contributed by atoms with E-state index in [4.69, 9.17) is 16.3 Å². The van der Waals surface area contributed by atoms with Crippen LogP contribution in [0.4, 0.5) is 5.69 Å². The molecule has 0 spiro atoms. The number of carbonyl (C=O) groups excluding carboxylic acids is 1. The number of esters is 1. The van der Waals surface area contributed by atoms with Gasteiger partial charge in [-0.2, -0.15) is 0 Å². The van der Waals surface area contributed by atoms with Crippen LogP contribution in [0.3, 0.4) is 0 Å². The normalized spacial score (nSPS) is 11.7. The lowest BCUT2D eigenvalue weighted by atomic mass is 10.1. The molecule has 7 heteroatoms. The first-order chi connectivity index (χ1) is 20.9. The molecule has 1 aromatic carbocycles. The number of allylic oxidation sites excluding steroid dienone is 2. The maximum atomic E-state index is 12.2.